The fourth-order valence-electron chi connectivity index (χ4n) is 7.31. The van der Waals surface area contributed by atoms with E-state index in [1.54, 1.807) is 28.4 Å². The van der Waals surface area contributed by atoms with Gasteiger partial charge in [-0.05, 0) is 61.4 Å². The quantitative estimate of drug-likeness (QED) is 0.0240. The van der Waals surface area contributed by atoms with E-state index in [0.717, 1.165) is 58.4 Å². The molecule has 0 amide bonds. The van der Waals surface area contributed by atoms with Crippen molar-refractivity contribution < 1.29 is 47.4 Å². The number of methoxy groups -OCH3 is 4. The third-order valence-corrected chi connectivity index (χ3v) is 10.8. The maximum absolute atomic E-state index is 12.0. The first-order valence-electron chi connectivity index (χ1n) is 21.9. The molecule has 63 heavy (non-hydrogen) atoms. The number of phenols is 1. The van der Waals surface area contributed by atoms with Gasteiger partial charge < -0.3 is 63.0 Å². The van der Waals surface area contributed by atoms with E-state index in [0.29, 0.717) is 122 Å². The average molecular weight is 874 g/mol. The van der Waals surface area contributed by atoms with Gasteiger partial charge in [-0.15, -0.1) is 0 Å². The van der Waals surface area contributed by atoms with Crippen LogP contribution in [0.4, 0.5) is 17.1 Å². The monoisotopic (exact) mass is 874 g/mol. The summed E-state index contributed by atoms with van der Waals surface area (Å²) in [6.07, 6.45) is 0.867. The molecule has 344 valence electrons. The van der Waals surface area contributed by atoms with Crippen LogP contribution in [0.2, 0.25) is 0 Å². The standard InChI is InChI=1S/C49H68N4O10/c1-6-51(18-17-38-7-9-39(50)10-8-38)41-12-15-44-47(36-41)63-48-37-42(53(21-25-61-33-29-57-4)22-26-62-34-30-58-5)13-16-45(48)49(44)43-14-11-40(35-46(43)54)52(19-23-59-31-27-55-2)20-24-60-32-28-56-3/h7-16,35-37H,6,17-34,50H2,1-5H3/p+1. The summed E-state index contributed by atoms with van der Waals surface area (Å²) in [6.45, 7) is 12.4. The van der Waals surface area contributed by atoms with Crippen molar-refractivity contribution in [3.8, 4) is 28.2 Å². The third kappa shape index (κ3) is 15.2. The van der Waals surface area contributed by atoms with Gasteiger partial charge in [-0.2, -0.15) is 0 Å². The number of ether oxygens (including phenoxy) is 8. The van der Waals surface area contributed by atoms with Crippen LogP contribution in [0.1, 0.15) is 12.5 Å². The molecule has 1 aliphatic heterocycles. The molecule has 0 atom stereocenters. The largest absolute Gasteiger partial charge is 0.507 e. The molecule has 3 aromatic carbocycles. The average Bonchev–Trinajstić information content (AvgIpc) is 3.29. The zero-order valence-corrected chi connectivity index (χ0v) is 38.0. The number of hydrogen-bond acceptors (Lipinski definition) is 13. The smallest absolute Gasteiger partial charge is 0.203 e. The summed E-state index contributed by atoms with van der Waals surface area (Å²) in [6, 6.07) is 26.6. The van der Waals surface area contributed by atoms with Crippen molar-refractivity contribution in [2.75, 3.05) is 163 Å². The van der Waals surface area contributed by atoms with Crippen LogP contribution in [-0.2, 0) is 44.3 Å². The Kier molecular flexibility index (Phi) is 21.4. The summed E-state index contributed by atoms with van der Waals surface area (Å²) in [7, 11) is 6.65. The third-order valence-electron chi connectivity index (χ3n) is 10.8. The van der Waals surface area contributed by atoms with Crippen LogP contribution in [0.15, 0.2) is 83.3 Å². The van der Waals surface area contributed by atoms with Crippen molar-refractivity contribution in [3.05, 3.63) is 89.8 Å². The molecule has 0 saturated heterocycles. The van der Waals surface area contributed by atoms with Gasteiger partial charge in [0.1, 0.15) is 30.3 Å². The zero-order chi connectivity index (χ0) is 44.7. The van der Waals surface area contributed by atoms with Crippen LogP contribution in [0.5, 0.6) is 5.75 Å². The molecule has 0 bridgehead atoms. The van der Waals surface area contributed by atoms with Crippen molar-refractivity contribution in [2.45, 2.75) is 13.3 Å². The van der Waals surface area contributed by atoms with Crippen molar-refractivity contribution in [2.24, 2.45) is 0 Å². The van der Waals surface area contributed by atoms with Crippen LogP contribution >= 0.6 is 0 Å². The highest BCUT2D eigenvalue weighted by Crippen LogP contribution is 2.44. The summed E-state index contributed by atoms with van der Waals surface area (Å²) >= 11 is 0. The number of benzene rings is 4. The number of fused-ring (bicyclic) bond motifs is 2. The van der Waals surface area contributed by atoms with Crippen LogP contribution in [0.25, 0.3) is 33.4 Å². The van der Waals surface area contributed by atoms with E-state index in [4.69, 9.17) is 48.0 Å². The second-order valence-corrected chi connectivity index (χ2v) is 15.0. The second kappa shape index (κ2) is 27.4. The summed E-state index contributed by atoms with van der Waals surface area (Å²) in [5, 5.41) is 13.9. The first kappa shape index (κ1) is 49.2. The van der Waals surface area contributed by atoms with E-state index in [2.05, 4.69) is 75.9 Å². The van der Waals surface area contributed by atoms with Crippen LogP contribution < -0.4 is 25.5 Å². The summed E-state index contributed by atoms with van der Waals surface area (Å²) in [5.74, 6) is 0.843. The molecule has 0 unspecified atom stereocenters. The number of hydrogen-bond donors (Lipinski definition) is 2. The maximum Gasteiger partial charge on any atom is 0.203 e. The van der Waals surface area contributed by atoms with E-state index in [9.17, 15) is 5.11 Å². The molecule has 0 fully saturated rings. The molecular weight excluding hydrogens is 805 g/mol. The highest BCUT2D eigenvalue weighted by Gasteiger charge is 2.23. The van der Waals surface area contributed by atoms with Gasteiger partial charge >= 0.3 is 0 Å². The SMILES string of the molecule is CCN(CCc1ccc(N)cc1)c1ccc2c(-c3ccc(N(CCOCCOC)CCOCCOC)cc3O)c3ccc(=[N+](CCOCCOC)CCOCCOC)cc-3oc2c1. The molecule has 0 spiro atoms. The van der Waals surface area contributed by atoms with E-state index in [-0.39, 0.29) is 5.75 Å². The Balaban J connectivity index is 1.58. The number of rotatable bonds is 31. The van der Waals surface area contributed by atoms with Gasteiger partial charge in [0.25, 0.3) is 0 Å². The fourth-order valence-corrected chi connectivity index (χ4v) is 7.31. The minimum Gasteiger partial charge on any atom is -0.507 e. The predicted octanol–water partition coefficient (Wildman–Crippen LogP) is 5.79. The van der Waals surface area contributed by atoms with E-state index >= 15 is 0 Å². The van der Waals surface area contributed by atoms with E-state index in [1.807, 2.05) is 24.3 Å². The van der Waals surface area contributed by atoms with Crippen molar-refractivity contribution in [1.29, 1.82) is 0 Å². The first-order valence-corrected chi connectivity index (χ1v) is 21.9. The van der Waals surface area contributed by atoms with E-state index in [1.165, 1.54) is 5.56 Å². The number of phenolic OH excluding ortho intramolecular Hbond substituents is 1. The lowest BCUT2D eigenvalue weighted by Crippen LogP contribution is -2.36. The van der Waals surface area contributed by atoms with Gasteiger partial charge in [-0.25, -0.2) is 4.58 Å². The Morgan fingerprint density at radius 3 is 1.70 bits per heavy atom. The number of nitrogens with zero attached hydrogens (tertiary/aromatic N) is 3. The predicted molar refractivity (Wildman–Crippen MR) is 250 cm³/mol. The Labute approximate surface area is 372 Å². The summed E-state index contributed by atoms with van der Waals surface area (Å²) in [5.41, 5.74) is 13.0. The molecule has 0 aromatic heterocycles. The lowest BCUT2D eigenvalue weighted by atomic mass is 9.92. The van der Waals surface area contributed by atoms with Crippen LogP contribution in [0.3, 0.4) is 0 Å². The number of nitrogens with two attached hydrogens (primary N) is 1. The van der Waals surface area contributed by atoms with Crippen molar-refractivity contribution in [1.82, 2.24) is 4.58 Å². The highest BCUT2D eigenvalue weighted by molar-refractivity contribution is 6.04. The van der Waals surface area contributed by atoms with Crippen LogP contribution in [-0.4, -0.2) is 152 Å². The number of likely N-dealkylation sites (N-methyl/N-ethyl adjacent to an activating group) is 1. The normalized spacial score (nSPS) is 11.5. The number of nitrogen functional groups attached to an aromatic ring is 1. The van der Waals surface area contributed by atoms with Gasteiger partial charge in [-0.3, -0.25) is 0 Å². The zero-order valence-electron chi connectivity index (χ0n) is 38.0. The van der Waals surface area contributed by atoms with Gasteiger partial charge in [0.2, 0.25) is 5.36 Å². The molecule has 2 aliphatic rings. The second-order valence-electron chi connectivity index (χ2n) is 15.0. The first-order chi connectivity index (χ1) is 30.9. The van der Waals surface area contributed by atoms with Gasteiger partial charge in [0.05, 0.1) is 72.1 Å². The molecular formula is C49H69N4O10+. The molecule has 1 aliphatic carbocycles. The molecule has 3 N–H and O–H groups in total. The summed E-state index contributed by atoms with van der Waals surface area (Å²) < 4.78 is 53.3. The molecule has 14 heteroatoms. The Bertz CT molecular complexity index is 2080. The van der Waals surface area contributed by atoms with Gasteiger partial charge in [0, 0.05) is 112 Å². The lowest BCUT2D eigenvalue weighted by molar-refractivity contribution is 0.0602. The van der Waals surface area contributed by atoms with Crippen LogP contribution in [0, 0.1) is 0 Å². The minimum absolute atomic E-state index is 0.154. The Morgan fingerprint density at radius 2 is 1.13 bits per heavy atom. The fraction of sp³-hybridized carbons (Fsp3) is 0.490. The Hall–Kier alpha value is -4.77. The van der Waals surface area contributed by atoms with Crippen molar-refractivity contribution >= 4 is 28.0 Å². The van der Waals surface area contributed by atoms with Gasteiger partial charge in [0.15, 0.2) is 13.1 Å². The minimum atomic E-state index is 0.154. The van der Waals surface area contributed by atoms with Gasteiger partial charge in [-0.1, -0.05) is 12.1 Å². The number of anilines is 3. The lowest BCUT2D eigenvalue weighted by Gasteiger charge is -2.26. The Morgan fingerprint density at radius 1 is 0.571 bits per heavy atom. The van der Waals surface area contributed by atoms with E-state index < -0.39 is 0 Å². The molecule has 5 rings (SSSR count). The highest BCUT2D eigenvalue weighted by atomic mass is 16.5. The molecule has 0 saturated carbocycles. The topological polar surface area (TPSA) is 143 Å². The maximum atomic E-state index is 12.0. The van der Waals surface area contributed by atoms with Crippen molar-refractivity contribution in [3.63, 3.8) is 0 Å². The molecule has 3 aromatic rings. The molecule has 1 heterocycles. The molecule has 14 nitrogen and oxygen atoms in total. The summed E-state index contributed by atoms with van der Waals surface area (Å²) in [4.78, 5) is 4.51. The molecule has 0 radical (unpaired) electrons. The number of aromatic hydroxyl groups is 1.